The molecule has 3 heterocycles. The predicted octanol–water partition coefficient (Wildman–Crippen LogP) is 4.38. The van der Waals surface area contributed by atoms with Crippen LogP contribution in [0.1, 0.15) is 29.8 Å². The summed E-state index contributed by atoms with van der Waals surface area (Å²) in [4.78, 5) is 5.99. The largest absolute Gasteiger partial charge is 0.312 e. The van der Waals surface area contributed by atoms with Gasteiger partial charge in [0.25, 0.3) is 0 Å². The Kier molecular flexibility index (Phi) is 4.76. The van der Waals surface area contributed by atoms with Crippen LogP contribution in [0.4, 0.5) is 0 Å². The molecule has 1 aromatic carbocycles. The van der Waals surface area contributed by atoms with Gasteiger partial charge in [-0.25, -0.2) is 4.98 Å². The number of aryl methyl sites for hydroxylation is 1. The SMILES string of the molecule is CNC(C)c1nc2scc(C#Cc3cnn(C)c3)c2cc1-c1ccccc1. The lowest BCUT2D eigenvalue weighted by Gasteiger charge is -2.15. The molecule has 0 aliphatic carbocycles. The Bertz CT molecular complexity index is 1150. The number of hydrogen-bond donors (Lipinski definition) is 1. The average molecular weight is 372 g/mol. The first-order chi connectivity index (χ1) is 13.2. The summed E-state index contributed by atoms with van der Waals surface area (Å²) < 4.78 is 1.76. The molecule has 4 aromatic rings. The summed E-state index contributed by atoms with van der Waals surface area (Å²) in [7, 11) is 3.86. The van der Waals surface area contributed by atoms with Crippen molar-refractivity contribution in [1.29, 1.82) is 0 Å². The normalized spacial score (nSPS) is 12.0. The van der Waals surface area contributed by atoms with Crippen molar-refractivity contribution < 1.29 is 0 Å². The Labute approximate surface area is 162 Å². The van der Waals surface area contributed by atoms with Gasteiger partial charge in [-0.05, 0) is 25.6 Å². The fourth-order valence-electron chi connectivity index (χ4n) is 3.01. The number of pyridine rings is 1. The Morgan fingerprint density at radius 1 is 1.19 bits per heavy atom. The van der Waals surface area contributed by atoms with E-state index in [9.17, 15) is 0 Å². The third-order valence-electron chi connectivity index (χ3n) is 4.57. The van der Waals surface area contributed by atoms with Crippen molar-refractivity contribution in [3.05, 3.63) is 71.0 Å². The lowest BCUT2D eigenvalue weighted by atomic mass is 9.99. The van der Waals surface area contributed by atoms with Gasteiger partial charge in [-0.3, -0.25) is 4.68 Å². The summed E-state index contributed by atoms with van der Waals surface area (Å²) in [6.45, 7) is 2.14. The van der Waals surface area contributed by atoms with Crippen LogP contribution < -0.4 is 5.32 Å². The van der Waals surface area contributed by atoms with E-state index in [1.54, 1.807) is 22.2 Å². The van der Waals surface area contributed by atoms with Gasteiger partial charge in [-0.2, -0.15) is 5.10 Å². The van der Waals surface area contributed by atoms with Crippen molar-refractivity contribution in [3.8, 4) is 23.0 Å². The quantitative estimate of drug-likeness (QED) is 0.543. The number of fused-ring (bicyclic) bond motifs is 1. The summed E-state index contributed by atoms with van der Waals surface area (Å²) in [5.74, 6) is 6.49. The van der Waals surface area contributed by atoms with Crippen LogP contribution in [0.5, 0.6) is 0 Å². The van der Waals surface area contributed by atoms with Crippen molar-refractivity contribution in [3.63, 3.8) is 0 Å². The highest BCUT2D eigenvalue weighted by atomic mass is 32.1. The predicted molar refractivity (Wildman–Crippen MR) is 112 cm³/mol. The summed E-state index contributed by atoms with van der Waals surface area (Å²) >= 11 is 1.64. The third kappa shape index (κ3) is 3.50. The molecule has 27 heavy (non-hydrogen) atoms. The van der Waals surface area contributed by atoms with Gasteiger partial charge in [0.2, 0.25) is 0 Å². The molecule has 0 spiro atoms. The molecule has 0 saturated carbocycles. The minimum atomic E-state index is 0.164. The highest BCUT2D eigenvalue weighted by Gasteiger charge is 2.16. The molecule has 0 radical (unpaired) electrons. The lowest BCUT2D eigenvalue weighted by molar-refractivity contribution is 0.637. The molecule has 1 atom stereocenters. The van der Waals surface area contributed by atoms with Crippen LogP contribution in [0.2, 0.25) is 0 Å². The van der Waals surface area contributed by atoms with E-state index in [2.05, 4.69) is 64.9 Å². The molecule has 3 aromatic heterocycles. The van der Waals surface area contributed by atoms with Gasteiger partial charge in [0, 0.05) is 41.2 Å². The monoisotopic (exact) mass is 372 g/mol. The van der Waals surface area contributed by atoms with Crippen LogP contribution in [0, 0.1) is 11.8 Å². The molecule has 0 saturated heterocycles. The standard InChI is InChI=1S/C22H20N4S/c1-15(23-2)21-19(17-7-5-4-6-8-17)11-20-18(14-27-22(20)25-21)10-9-16-12-24-26(3)13-16/h4-8,11-15,23H,1-3H3. The second-order valence-corrected chi connectivity index (χ2v) is 7.31. The van der Waals surface area contributed by atoms with Crippen LogP contribution in [0.3, 0.4) is 0 Å². The van der Waals surface area contributed by atoms with E-state index in [1.807, 2.05) is 26.4 Å². The van der Waals surface area contributed by atoms with E-state index >= 15 is 0 Å². The summed E-state index contributed by atoms with van der Waals surface area (Å²) in [6.07, 6.45) is 3.70. The maximum Gasteiger partial charge on any atom is 0.124 e. The molecule has 0 aliphatic rings. The molecular weight excluding hydrogens is 352 g/mol. The Balaban J connectivity index is 1.86. The molecule has 0 amide bonds. The number of benzene rings is 1. The fraction of sp³-hybridized carbons (Fsp3) is 0.182. The van der Waals surface area contributed by atoms with Gasteiger partial charge in [-0.15, -0.1) is 11.3 Å². The van der Waals surface area contributed by atoms with Gasteiger partial charge in [0.15, 0.2) is 0 Å². The highest BCUT2D eigenvalue weighted by molar-refractivity contribution is 7.17. The number of nitrogens with zero attached hydrogens (tertiary/aromatic N) is 3. The van der Waals surface area contributed by atoms with Crippen molar-refractivity contribution in [2.45, 2.75) is 13.0 Å². The van der Waals surface area contributed by atoms with Crippen LogP contribution in [0.25, 0.3) is 21.3 Å². The molecule has 4 nitrogen and oxygen atoms in total. The number of nitrogens with one attached hydrogen (secondary N) is 1. The summed E-state index contributed by atoms with van der Waals surface area (Å²) in [5.41, 5.74) is 5.29. The maximum absolute atomic E-state index is 4.97. The van der Waals surface area contributed by atoms with Crippen molar-refractivity contribution >= 4 is 21.6 Å². The van der Waals surface area contributed by atoms with Crippen LogP contribution >= 0.6 is 11.3 Å². The van der Waals surface area contributed by atoms with Gasteiger partial charge >= 0.3 is 0 Å². The molecule has 0 bridgehead atoms. The smallest absolute Gasteiger partial charge is 0.124 e. The Morgan fingerprint density at radius 2 is 2.00 bits per heavy atom. The lowest BCUT2D eigenvalue weighted by Crippen LogP contribution is -2.15. The second-order valence-electron chi connectivity index (χ2n) is 6.45. The van der Waals surface area contributed by atoms with Gasteiger partial charge in [-0.1, -0.05) is 42.2 Å². The van der Waals surface area contributed by atoms with Crippen molar-refractivity contribution in [2.24, 2.45) is 7.05 Å². The molecular formula is C22H20N4S. The van der Waals surface area contributed by atoms with Crippen LogP contribution in [-0.2, 0) is 7.05 Å². The zero-order valence-corrected chi connectivity index (χ0v) is 16.3. The Morgan fingerprint density at radius 3 is 2.70 bits per heavy atom. The van der Waals surface area contributed by atoms with E-state index < -0.39 is 0 Å². The minimum Gasteiger partial charge on any atom is -0.312 e. The van der Waals surface area contributed by atoms with Crippen LogP contribution in [-0.4, -0.2) is 21.8 Å². The minimum absolute atomic E-state index is 0.164. The molecule has 0 aliphatic heterocycles. The molecule has 134 valence electrons. The first-order valence-corrected chi connectivity index (χ1v) is 9.69. The number of rotatable bonds is 3. The zero-order chi connectivity index (χ0) is 18.8. The third-order valence-corrected chi connectivity index (χ3v) is 5.46. The van der Waals surface area contributed by atoms with E-state index in [1.165, 1.54) is 5.56 Å². The summed E-state index contributed by atoms with van der Waals surface area (Å²) in [5, 5.41) is 10.7. The fourth-order valence-corrected chi connectivity index (χ4v) is 3.87. The van der Waals surface area contributed by atoms with Gasteiger partial charge < -0.3 is 5.32 Å². The average Bonchev–Trinajstić information content (AvgIpc) is 3.30. The van der Waals surface area contributed by atoms with E-state index in [-0.39, 0.29) is 6.04 Å². The first-order valence-electron chi connectivity index (χ1n) is 8.81. The van der Waals surface area contributed by atoms with Gasteiger partial charge in [0.05, 0.1) is 17.5 Å². The molecule has 4 rings (SSSR count). The number of thiophene rings is 1. The zero-order valence-electron chi connectivity index (χ0n) is 15.5. The van der Waals surface area contributed by atoms with Crippen LogP contribution in [0.15, 0.2) is 54.2 Å². The number of aromatic nitrogens is 3. The van der Waals surface area contributed by atoms with Crippen molar-refractivity contribution in [2.75, 3.05) is 7.05 Å². The first kappa shape index (κ1) is 17.5. The molecule has 1 N–H and O–H groups in total. The second kappa shape index (κ2) is 7.36. The molecule has 0 fully saturated rings. The van der Waals surface area contributed by atoms with E-state index in [0.29, 0.717) is 0 Å². The molecule has 5 heteroatoms. The molecule has 1 unspecified atom stereocenters. The highest BCUT2D eigenvalue weighted by Crippen LogP contribution is 2.33. The Hall–Kier alpha value is -2.94. The van der Waals surface area contributed by atoms with E-state index in [4.69, 9.17) is 4.98 Å². The maximum atomic E-state index is 4.97. The van der Waals surface area contributed by atoms with Gasteiger partial charge in [0.1, 0.15) is 4.83 Å². The number of hydrogen-bond acceptors (Lipinski definition) is 4. The van der Waals surface area contributed by atoms with Crippen molar-refractivity contribution in [1.82, 2.24) is 20.1 Å². The topological polar surface area (TPSA) is 42.7 Å². The van der Waals surface area contributed by atoms with E-state index in [0.717, 1.165) is 32.6 Å². The summed E-state index contributed by atoms with van der Waals surface area (Å²) in [6, 6.07) is 12.8.